The van der Waals surface area contributed by atoms with Gasteiger partial charge in [-0.05, 0) is 38.5 Å². The molecule has 1 aromatic rings. The quantitative estimate of drug-likeness (QED) is 0.868. The molecule has 4 nitrogen and oxygen atoms in total. The number of carboxylic acids is 1. The van der Waals surface area contributed by atoms with Gasteiger partial charge < -0.3 is 10.0 Å². The van der Waals surface area contributed by atoms with E-state index in [1.807, 2.05) is 24.8 Å². The molecule has 0 bridgehead atoms. The average Bonchev–Trinajstić information content (AvgIpc) is 2.34. The van der Waals surface area contributed by atoms with E-state index in [1.54, 1.807) is 12.1 Å². The lowest BCUT2D eigenvalue weighted by atomic mass is 10.1. The summed E-state index contributed by atoms with van der Waals surface area (Å²) in [6.45, 7) is 4.62. The van der Waals surface area contributed by atoms with E-state index in [0.717, 1.165) is 5.69 Å². The Bertz CT molecular complexity index is 495. The number of anilines is 1. The molecule has 0 spiro atoms. The Labute approximate surface area is 118 Å². The number of carboxylic acid groups (broad SMARTS) is 1. The molecule has 0 aliphatic carbocycles. The topological polar surface area (TPSA) is 64.3 Å². The van der Waals surface area contributed by atoms with Crippen LogP contribution in [0.3, 0.4) is 0 Å². The maximum absolute atomic E-state index is 10.6. The number of hydrogen-bond acceptors (Lipinski definition) is 3. The van der Waals surface area contributed by atoms with Crippen LogP contribution in [0.2, 0.25) is 5.02 Å². The van der Waals surface area contributed by atoms with E-state index in [9.17, 15) is 4.79 Å². The maximum atomic E-state index is 10.6. The van der Waals surface area contributed by atoms with Crippen molar-refractivity contribution in [2.75, 3.05) is 11.4 Å². The largest absolute Gasteiger partial charge is 0.481 e. The lowest BCUT2D eigenvalue weighted by Gasteiger charge is -2.29. The molecule has 1 aromatic carbocycles. The number of halogens is 1. The predicted octanol–water partition coefficient (Wildman–Crippen LogP) is 3.29. The minimum Gasteiger partial charge on any atom is -0.481 e. The fraction of sp³-hybridized carbons (Fsp3) is 0.429. The number of nitrogens with zero attached hydrogens (tertiary/aromatic N) is 2. The fourth-order valence-electron chi connectivity index (χ4n) is 1.91. The summed E-state index contributed by atoms with van der Waals surface area (Å²) in [6, 6.07) is 7.49. The lowest BCUT2D eigenvalue weighted by molar-refractivity contribution is -0.137. The predicted molar refractivity (Wildman–Crippen MR) is 75.5 cm³/mol. The van der Waals surface area contributed by atoms with Crippen molar-refractivity contribution in [3.05, 3.63) is 28.8 Å². The van der Waals surface area contributed by atoms with E-state index in [-0.39, 0.29) is 12.5 Å². The highest BCUT2D eigenvalue weighted by molar-refractivity contribution is 6.30. The third-order valence-corrected chi connectivity index (χ3v) is 3.04. The Hall–Kier alpha value is -1.73. The maximum Gasteiger partial charge on any atom is 0.303 e. The molecule has 0 amide bonds. The summed E-state index contributed by atoms with van der Waals surface area (Å²) in [7, 11) is 0. The smallest absolute Gasteiger partial charge is 0.303 e. The van der Waals surface area contributed by atoms with Crippen LogP contribution in [0.5, 0.6) is 0 Å². The van der Waals surface area contributed by atoms with Gasteiger partial charge in [-0.25, -0.2) is 0 Å². The summed E-state index contributed by atoms with van der Waals surface area (Å²) in [4.78, 5) is 12.6. The van der Waals surface area contributed by atoms with Crippen LogP contribution in [-0.4, -0.2) is 23.7 Å². The van der Waals surface area contributed by atoms with Gasteiger partial charge in [0, 0.05) is 24.0 Å². The van der Waals surface area contributed by atoms with Crippen LogP contribution in [0.15, 0.2) is 18.2 Å². The number of hydrogen-bond donors (Lipinski definition) is 1. The SMILES string of the molecule is CC(C)N(CCCC(=O)O)c1ccc(Cl)cc1C#N. The molecule has 0 fully saturated rings. The fourth-order valence-corrected chi connectivity index (χ4v) is 2.08. The first-order valence-electron chi connectivity index (χ1n) is 6.13. The highest BCUT2D eigenvalue weighted by Crippen LogP contribution is 2.25. The minimum atomic E-state index is -0.805. The Balaban J connectivity index is 2.93. The van der Waals surface area contributed by atoms with E-state index < -0.39 is 5.97 Å². The lowest BCUT2D eigenvalue weighted by Crippen LogP contribution is -2.32. The van der Waals surface area contributed by atoms with Crippen LogP contribution in [0.25, 0.3) is 0 Å². The monoisotopic (exact) mass is 280 g/mol. The molecular weight excluding hydrogens is 264 g/mol. The molecule has 1 N–H and O–H groups in total. The molecule has 5 heteroatoms. The summed E-state index contributed by atoms with van der Waals surface area (Å²) in [5.74, 6) is -0.805. The van der Waals surface area contributed by atoms with E-state index in [4.69, 9.17) is 22.0 Å². The van der Waals surface area contributed by atoms with Crippen molar-refractivity contribution < 1.29 is 9.90 Å². The molecular formula is C14H17ClN2O2. The first-order chi connectivity index (χ1) is 8.95. The van der Waals surface area contributed by atoms with Crippen molar-refractivity contribution in [1.29, 1.82) is 5.26 Å². The third kappa shape index (κ3) is 4.46. The Kier molecular flexibility index (Phi) is 5.65. The van der Waals surface area contributed by atoms with E-state index >= 15 is 0 Å². The molecule has 102 valence electrons. The van der Waals surface area contributed by atoms with Crippen molar-refractivity contribution in [2.45, 2.75) is 32.7 Å². The summed E-state index contributed by atoms with van der Waals surface area (Å²) in [5, 5.41) is 18.4. The molecule has 0 aliphatic heterocycles. The van der Waals surface area contributed by atoms with Gasteiger partial charge in [-0.3, -0.25) is 4.79 Å². The van der Waals surface area contributed by atoms with Gasteiger partial charge in [0.2, 0.25) is 0 Å². The van der Waals surface area contributed by atoms with Crippen molar-refractivity contribution in [3.63, 3.8) is 0 Å². The van der Waals surface area contributed by atoms with E-state index in [2.05, 4.69) is 6.07 Å². The van der Waals surface area contributed by atoms with Crippen LogP contribution in [0.4, 0.5) is 5.69 Å². The molecule has 0 saturated heterocycles. The van der Waals surface area contributed by atoms with Crippen molar-refractivity contribution >= 4 is 23.3 Å². The molecule has 0 saturated carbocycles. The Morgan fingerprint density at radius 2 is 2.21 bits per heavy atom. The molecule has 0 unspecified atom stereocenters. The average molecular weight is 281 g/mol. The number of carbonyl (C=O) groups is 1. The van der Waals surface area contributed by atoms with Gasteiger partial charge in [-0.1, -0.05) is 11.6 Å². The second-order valence-corrected chi connectivity index (χ2v) is 4.99. The van der Waals surface area contributed by atoms with Crippen molar-refractivity contribution in [1.82, 2.24) is 0 Å². The zero-order chi connectivity index (χ0) is 14.4. The van der Waals surface area contributed by atoms with Gasteiger partial charge >= 0.3 is 5.97 Å². The van der Waals surface area contributed by atoms with Crippen LogP contribution in [0, 0.1) is 11.3 Å². The van der Waals surface area contributed by atoms with Gasteiger partial charge in [0.15, 0.2) is 0 Å². The summed E-state index contributed by atoms with van der Waals surface area (Å²) < 4.78 is 0. The van der Waals surface area contributed by atoms with Crippen LogP contribution < -0.4 is 4.90 Å². The van der Waals surface area contributed by atoms with Gasteiger partial charge in [-0.2, -0.15) is 5.26 Å². The molecule has 0 aliphatic rings. The van der Waals surface area contributed by atoms with Gasteiger partial charge in [0.25, 0.3) is 0 Å². The minimum absolute atomic E-state index is 0.124. The molecule has 0 atom stereocenters. The van der Waals surface area contributed by atoms with Crippen molar-refractivity contribution in [3.8, 4) is 6.07 Å². The molecule has 0 heterocycles. The highest BCUT2D eigenvalue weighted by Gasteiger charge is 2.15. The first kappa shape index (κ1) is 15.3. The molecule has 0 aromatic heterocycles. The van der Waals surface area contributed by atoms with E-state index in [1.165, 1.54) is 0 Å². The number of nitriles is 1. The van der Waals surface area contributed by atoms with E-state index in [0.29, 0.717) is 23.6 Å². The first-order valence-corrected chi connectivity index (χ1v) is 6.51. The van der Waals surface area contributed by atoms with Crippen LogP contribution >= 0.6 is 11.6 Å². The summed E-state index contributed by atoms with van der Waals surface area (Å²) in [6.07, 6.45) is 0.666. The van der Waals surface area contributed by atoms with Gasteiger partial charge in [0.1, 0.15) is 6.07 Å². The normalized spacial score (nSPS) is 10.3. The number of benzene rings is 1. The van der Waals surface area contributed by atoms with Gasteiger partial charge in [0.05, 0.1) is 11.3 Å². The molecule has 1 rings (SSSR count). The van der Waals surface area contributed by atoms with Crippen LogP contribution in [-0.2, 0) is 4.79 Å². The zero-order valence-electron chi connectivity index (χ0n) is 11.1. The highest BCUT2D eigenvalue weighted by atomic mass is 35.5. The number of rotatable bonds is 6. The number of aliphatic carboxylic acids is 1. The Morgan fingerprint density at radius 1 is 1.53 bits per heavy atom. The second kappa shape index (κ2) is 7.01. The summed E-state index contributed by atoms with van der Waals surface area (Å²) >= 11 is 5.88. The van der Waals surface area contributed by atoms with Crippen LogP contribution in [0.1, 0.15) is 32.3 Å². The zero-order valence-corrected chi connectivity index (χ0v) is 11.8. The molecule has 0 radical (unpaired) electrons. The van der Waals surface area contributed by atoms with Gasteiger partial charge in [-0.15, -0.1) is 0 Å². The van der Waals surface area contributed by atoms with Crippen molar-refractivity contribution in [2.24, 2.45) is 0 Å². The second-order valence-electron chi connectivity index (χ2n) is 4.56. The Morgan fingerprint density at radius 3 is 2.74 bits per heavy atom. The standard InChI is InChI=1S/C14H17ClN2O2/c1-10(2)17(7-3-4-14(18)19)13-6-5-12(15)8-11(13)9-16/h5-6,8,10H,3-4,7H2,1-2H3,(H,18,19). The molecule has 19 heavy (non-hydrogen) atoms. The summed E-state index contributed by atoms with van der Waals surface area (Å²) in [5.41, 5.74) is 1.31. The third-order valence-electron chi connectivity index (χ3n) is 2.80.